The van der Waals surface area contributed by atoms with E-state index in [1.165, 1.54) is 12.1 Å². The maximum Gasteiger partial charge on any atom is 0.416 e. The second kappa shape index (κ2) is 7.53. The molecule has 0 aliphatic heterocycles. The average Bonchev–Trinajstić information content (AvgIpc) is 2.42. The minimum absolute atomic E-state index is 0.225. The van der Waals surface area contributed by atoms with Gasteiger partial charge in [0.2, 0.25) is 0 Å². The number of amides is 1. The number of benzene rings is 1. The Morgan fingerprint density at radius 3 is 2.40 bits per heavy atom. The highest BCUT2D eigenvalue weighted by Gasteiger charge is 2.30. The molecule has 20 heavy (non-hydrogen) atoms. The van der Waals surface area contributed by atoms with Crippen molar-refractivity contribution in [3.8, 4) is 0 Å². The number of carbonyl (C=O) groups is 1. The molecule has 0 aliphatic rings. The normalized spacial score (nSPS) is 13.1. The van der Waals surface area contributed by atoms with Crippen LogP contribution in [0, 0.1) is 5.92 Å². The number of hydrogen-bond acceptors (Lipinski definition) is 1. The molecule has 6 heteroatoms. The summed E-state index contributed by atoms with van der Waals surface area (Å²) in [5, 5.41) is 2.67. The number of halogens is 4. The molecule has 1 atom stereocenters. The van der Waals surface area contributed by atoms with Crippen molar-refractivity contribution in [2.24, 2.45) is 5.92 Å². The SMILES string of the molecule is CC(CCl)CCCNC(=O)c1ccc(C(F)(F)F)cc1. The predicted octanol–water partition coefficient (Wildman–Crippen LogP) is 4.09. The summed E-state index contributed by atoms with van der Waals surface area (Å²) in [6.07, 6.45) is -2.69. The van der Waals surface area contributed by atoms with E-state index in [1.807, 2.05) is 6.92 Å². The molecular weight excluding hydrogens is 291 g/mol. The number of rotatable bonds is 6. The van der Waals surface area contributed by atoms with E-state index in [9.17, 15) is 18.0 Å². The van der Waals surface area contributed by atoms with Crippen molar-refractivity contribution >= 4 is 17.5 Å². The van der Waals surface area contributed by atoms with Gasteiger partial charge in [-0.15, -0.1) is 11.6 Å². The first kappa shape index (κ1) is 16.8. The summed E-state index contributed by atoms with van der Waals surface area (Å²) in [5.41, 5.74) is -0.534. The zero-order valence-electron chi connectivity index (χ0n) is 11.1. The largest absolute Gasteiger partial charge is 0.416 e. The zero-order chi connectivity index (χ0) is 15.2. The van der Waals surface area contributed by atoms with Crippen LogP contribution in [0.3, 0.4) is 0 Å². The van der Waals surface area contributed by atoms with E-state index in [2.05, 4.69) is 5.32 Å². The Hall–Kier alpha value is -1.23. The molecule has 1 N–H and O–H groups in total. The predicted molar refractivity (Wildman–Crippen MR) is 72.9 cm³/mol. The van der Waals surface area contributed by atoms with Gasteiger partial charge < -0.3 is 5.32 Å². The van der Waals surface area contributed by atoms with Crippen molar-refractivity contribution in [1.82, 2.24) is 5.32 Å². The molecule has 2 nitrogen and oxygen atoms in total. The lowest BCUT2D eigenvalue weighted by Crippen LogP contribution is -2.24. The van der Waals surface area contributed by atoms with Crippen molar-refractivity contribution < 1.29 is 18.0 Å². The van der Waals surface area contributed by atoms with Crippen molar-refractivity contribution in [2.45, 2.75) is 25.9 Å². The lowest BCUT2D eigenvalue weighted by molar-refractivity contribution is -0.137. The molecule has 1 aromatic carbocycles. The maximum absolute atomic E-state index is 12.4. The van der Waals surface area contributed by atoms with Gasteiger partial charge in [-0.25, -0.2) is 0 Å². The summed E-state index contributed by atoms with van der Waals surface area (Å²) in [6, 6.07) is 4.17. The van der Waals surface area contributed by atoms with E-state index in [-0.39, 0.29) is 11.5 Å². The number of carbonyl (C=O) groups excluding carboxylic acids is 1. The van der Waals surface area contributed by atoms with Crippen LogP contribution in [-0.4, -0.2) is 18.3 Å². The van der Waals surface area contributed by atoms with Crippen molar-refractivity contribution in [2.75, 3.05) is 12.4 Å². The minimum Gasteiger partial charge on any atom is -0.352 e. The summed E-state index contributed by atoms with van der Waals surface area (Å²) >= 11 is 5.66. The van der Waals surface area contributed by atoms with E-state index in [4.69, 9.17) is 11.6 Å². The average molecular weight is 308 g/mol. The lowest BCUT2D eigenvalue weighted by Gasteiger charge is -2.09. The molecule has 1 rings (SSSR count). The standard InChI is InChI=1S/C14H17ClF3NO/c1-10(9-15)3-2-8-19-13(20)11-4-6-12(7-5-11)14(16,17)18/h4-7,10H,2-3,8-9H2,1H3,(H,19,20). The Balaban J connectivity index is 2.44. The summed E-state index contributed by atoms with van der Waals surface area (Å²) in [6.45, 7) is 2.51. The van der Waals surface area contributed by atoms with Gasteiger partial charge in [-0.3, -0.25) is 4.79 Å². The minimum atomic E-state index is -4.38. The first-order chi connectivity index (χ1) is 9.34. The van der Waals surface area contributed by atoms with Crippen LogP contribution in [0.25, 0.3) is 0 Å². The van der Waals surface area contributed by atoms with Gasteiger partial charge in [0.1, 0.15) is 0 Å². The molecule has 112 valence electrons. The molecule has 1 amide bonds. The molecule has 1 aromatic rings. The number of nitrogens with one attached hydrogen (secondary N) is 1. The van der Waals surface area contributed by atoms with Gasteiger partial charge in [0, 0.05) is 18.0 Å². The monoisotopic (exact) mass is 307 g/mol. The Kier molecular flexibility index (Phi) is 6.33. The van der Waals surface area contributed by atoms with Crippen LogP contribution in [-0.2, 0) is 6.18 Å². The summed E-state index contributed by atoms with van der Waals surface area (Å²) in [7, 11) is 0. The fourth-order valence-corrected chi connectivity index (χ4v) is 1.80. The summed E-state index contributed by atoms with van der Waals surface area (Å²) in [5.74, 6) is 0.601. The zero-order valence-corrected chi connectivity index (χ0v) is 11.9. The van der Waals surface area contributed by atoms with Crippen molar-refractivity contribution in [3.05, 3.63) is 35.4 Å². The van der Waals surface area contributed by atoms with Crippen molar-refractivity contribution in [1.29, 1.82) is 0 Å². The molecule has 0 aliphatic carbocycles. The first-order valence-electron chi connectivity index (χ1n) is 6.36. The Morgan fingerprint density at radius 1 is 1.30 bits per heavy atom. The molecular formula is C14H17ClF3NO. The van der Waals surface area contributed by atoms with Crippen LogP contribution in [0.15, 0.2) is 24.3 Å². The summed E-state index contributed by atoms with van der Waals surface area (Å²) < 4.78 is 37.1. The molecule has 1 unspecified atom stereocenters. The second-order valence-electron chi connectivity index (χ2n) is 4.73. The highest BCUT2D eigenvalue weighted by Crippen LogP contribution is 2.29. The van der Waals surface area contributed by atoms with Gasteiger partial charge in [0.25, 0.3) is 5.91 Å². The highest BCUT2D eigenvalue weighted by molar-refractivity contribution is 6.18. The maximum atomic E-state index is 12.4. The van der Waals surface area contributed by atoms with Crippen molar-refractivity contribution in [3.63, 3.8) is 0 Å². The van der Waals surface area contributed by atoms with E-state index < -0.39 is 11.7 Å². The molecule has 0 radical (unpaired) electrons. The highest BCUT2D eigenvalue weighted by atomic mass is 35.5. The molecule has 0 aromatic heterocycles. The summed E-state index contributed by atoms with van der Waals surface area (Å²) in [4.78, 5) is 11.7. The molecule has 0 saturated heterocycles. The Labute approximate surface area is 121 Å². The van der Waals surface area contributed by atoms with E-state index in [0.29, 0.717) is 18.3 Å². The third kappa shape index (κ3) is 5.41. The molecule has 0 bridgehead atoms. The lowest BCUT2D eigenvalue weighted by atomic mass is 10.1. The molecule has 0 heterocycles. The van der Waals surface area contributed by atoms with Gasteiger partial charge >= 0.3 is 6.18 Å². The topological polar surface area (TPSA) is 29.1 Å². The van der Waals surface area contributed by atoms with Gasteiger partial charge in [-0.2, -0.15) is 13.2 Å². The van der Waals surface area contributed by atoms with Crippen LogP contribution in [0.2, 0.25) is 0 Å². The Bertz CT molecular complexity index is 431. The Morgan fingerprint density at radius 2 is 1.90 bits per heavy atom. The quantitative estimate of drug-likeness (QED) is 0.622. The smallest absolute Gasteiger partial charge is 0.352 e. The fourth-order valence-electron chi connectivity index (χ4n) is 1.64. The van der Waals surface area contributed by atoms with Gasteiger partial charge in [-0.05, 0) is 43.0 Å². The molecule has 0 fully saturated rings. The molecule has 0 saturated carbocycles. The van der Waals surface area contributed by atoms with E-state index in [1.54, 1.807) is 0 Å². The second-order valence-corrected chi connectivity index (χ2v) is 5.04. The number of hydrogen-bond donors (Lipinski definition) is 1. The van der Waals surface area contributed by atoms with E-state index in [0.717, 1.165) is 25.0 Å². The van der Waals surface area contributed by atoms with Crippen LogP contribution < -0.4 is 5.32 Å². The van der Waals surface area contributed by atoms with Gasteiger partial charge in [0.05, 0.1) is 5.56 Å². The van der Waals surface area contributed by atoms with Crippen LogP contribution >= 0.6 is 11.6 Å². The van der Waals surface area contributed by atoms with E-state index >= 15 is 0 Å². The van der Waals surface area contributed by atoms with Crippen LogP contribution in [0.1, 0.15) is 35.7 Å². The number of alkyl halides is 4. The fraction of sp³-hybridized carbons (Fsp3) is 0.500. The third-order valence-corrected chi connectivity index (χ3v) is 3.42. The third-order valence-electron chi connectivity index (χ3n) is 2.90. The van der Waals surface area contributed by atoms with Crippen LogP contribution in [0.4, 0.5) is 13.2 Å². The molecule has 0 spiro atoms. The van der Waals surface area contributed by atoms with Crippen LogP contribution in [0.5, 0.6) is 0 Å². The van der Waals surface area contributed by atoms with Gasteiger partial charge in [-0.1, -0.05) is 6.92 Å². The van der Waals surface area contributed by atoms with Gasteiger partial charge in [0.15, 0.2) is 0 Å². The first-order valence-corrected chi connectivity index (χ1v) is 6.89.